The highest BCUT2D eigenvalue weighted by atomic mass is 32.2. The van der Waals surface area contributed by atoms with Crippen molar-refractivity contribution in [3.63, 3.8) is 0 Å². The van der Waals surface area contributed by atoms with Gasteiger partial charge in [0.25, 0.3) is 25.8 Å². The lowest BCUT2D eigenvalue weighted by Crippen LogP contribution is -2.29. The first-order chi connectivity index (χ1) is 31.1. The average molecular weight is 958 g/mol. The van der Waals surface area contributed by atoms with Crippen LogP contribution >= 0.6 is 0 Å². The van der Waals surface area contributed by atoms with Gasteiger partial charge in [0.1, 0.15) is 26.9 Å². The van der Waals surface area contributed by atoms with Gasteiger partial charge >= 0.3 is 23.0 Å². The van der Waals surface area contributed by atoms with E-state index in [4.69, 9.17) is 4.18 Å². The number of aromatic nitrogens is 4. The van der Waals surface area contributed by atoms with Gasteiger partial charge in [-0.25, -0.2) is 9.59 Å². The third-order valence-electron chi connectivity index (χ3n) is 10.0. The number of phenols is 1. The smallest absolute Gasteiger partial charge is 0.357 e. The highest BCUT2D eigenvalue weighted by Gasteiger charge is 2.35. The third-order valence-corrected chi connectivity index (χ3v) is 12.1. The zero-order valence-electron chi connectivity index (χ0n) is 33.0. The van der Waals surface area contributed by atoms with Crippen LogP contribution in [0.1, 0.15) is 42.2 Å². The van der Waals surface area contributed by atoms with Crippen LogP contribution in [-0.2, 0) is 38.6 Å². The number of aromatic hydroxyl groups is 1. The number of aromatic carboxylic acids is 1. The van der Waals surface area contributed by atoms with Crippen molar-refractivity contribution in [1.29, 1.82) is 0 Å². The molecule has 336 valence electrons. The second-order valence-electron chi connectivity index (χ2n) is 14.1. The fourth-order valence-electron chi connectivity index (χ4n) is 7.27. The number of rotatable bonds is 13. The van der Waals surface area contributed by atoms with Crippen LogP contribution in [0, 0.1) is 0 Å². The molecule has 1 atom stereocenters. The zero-order chi connectivity index (χ0) is 47.6. The van der Waals surface area contributed by atoms with Gasteiger partial charge in [0.05, 0.1) is 33.7 Å². The van der Waals surface area contributed by atoms with E-state index in [2.05, 4.69) is 30.9 Å². The monoisotopic (exact) mass is 957 g/mol. The number of fused-ring (bicyclic) bond motifs is 2. The molecule has 1 aliphatic carbocycles. The molecule has 0 saturated carbocycles. The van der Waals surface area contributed by atoms with Crippen molar-refractivity contribution in [2.75, 3.05) is 16.0 Å². The van der Waals surface area contributed by atoms with E-state index in [1.165, 1.54) is 61.6 Å². The SMILES string of the molecule is Cn1c(=O)c(C(=O)c2cccc(OS(=O)O)c2)c2c3c(c(Nc4cc(Nc5nc(Nc6ccc(O)c(C(=O)O)c6)nc(=O)[nH]5)c(S(=O)(=O)O)cc4S(=O)(=O)O)ccc31)C(=O)c1ccccc1-2. The Balaban J connectivity index is 1.30. The molecule has 26 heteroatoms. The van der Waals surface area contributed by atoms with Gasteiger partial charge in [-0.15, -0.1) is 0 Å². The van der Waals surface area contributed by atoms with Crippen LogP contribution in [0.15, 0.2) is 110 Å². The maximum absolute atomic E-state index is 14.6. The number of anilines is 6. The fourth-order valence-corrected chi connectivity index (χ4v) is 8.92. The van der Waals surface area contributed by atoms with Gasteiger partial charge < -0.3 is 34.9 Å². The molecule has 0 radical (unpaired) electrons. The highest BCUT2D eigenvalue weighted by Crippen LogP contribution is 2.45. The van der Waals surface area contributed by atoms with E-state index >= 15 is 0 Å². The minimum Gasteiger partial charge on any atom is -0.507 e. The van der Waals surface area contributed by atoms with Crippen LogP contribution < -0.4 is 31.4 Å². The summed E-state index contributed by atoms with van der Waals surface area (Å²) >= 11 is -2.76. The molecule has 1 aliphatic rings. The van der Waals surface area contributed by atoms with Crippen molar-refractivity contribution in [1.82, 2.24) is 19.5 Å². The van der Waals surface area contributed by atoms with Gasteiger partial charge in [0.15, 0.2) is 11.6 Å². The number of carboxylic acids is 1. The van der Waals surface area contributed by atoms with E-state index in [9.17, 15) is 68.9 Å². The van der Waals surface area contributed by atoms with Gasteiger partial charge in [0, 0.05) is 34.8 Å². The molecule has 23 nitrogen and oxygen atoms in total. The second kappa shape index (κ2) is 16.4. The predicted molar refractivity (Wildman–Crippen MR) is 233 cm³/mol. The first-order valence-corrected chi connectivity index (χ1v) is 22.3. The maximum atomic E-state index is 14.6. The maximum Gasteiger partial charge on any atom is 0.357 e. The molecule has 8 rings (SSSR count). The van der Waals surface area contributed by atoms with Gasteiger partial charge in [-0.1, -0.05) is 36.4 Å². The summed E-state index contributed by atoms with van der Waals surface area (Å²) in [7, 11) is -9.48. The molecule has 0 fully saturated rings. The van der Waals surface area contributed by atoms with Gasteiger partial charge in [-0.05, 0) is 60.2 Å². The number of carbonyl (C=O) groups is 3. The number of nitrogens with one attached hydrogen (secondary N) is 4. The Hall–Kier alpha value is -8.14. The van der Waals surface area contributed by atoms with Crippen LogP contribution in [0.4, 0.5) is 34.6 Å². The van der Waals surface area contributed by atoms with Crippen LogP contribution in [0.25, 0.3) is 22.0 Å². The molecule has 5 aromatic carbocycles. The number of carbonyl (C=O) groups excluding carboxylic acids is 2. The number of nitrogens with zero attached hydrogens (tertiary/aromatic N) is 3. The second-order valence-corrected chi connectivity index (χ2v) is 17.4. The van der Waals surface area contributed by atoms with Crippen LogP contribution in [-0.4, -0.2) is 82.0 Å². The summed E-state index contributed by atoms with van der Waals surface area (Å²) in [6.07, 6.45) is 0. The van der Waals surface area contributed by atoms with E-state index in [1.54, 1.807) is 6.07 Å². The topological polar surface area (TPSA) is 364 Å². The molecule has 66 heavy (non-hydrogen) atoms. The quantitative estimate of drug-likeness (QED) is 0.0340. The Kier molecular flexibility index (Phi) is 11.1. The van der Waals surface area contributed by atoms with Crippen molar-refractivity contribution in [2.45, 2.75) is 9.79 Å². The largest absolute Gasteiger partial charge is 0.507 e. The van der Waals surface area contributed by atoms with Crippen LogP contribution in [0.3, 0.4) is 0 Å². The number of benzene rings is 5. The molecule has 0 bridgehead atoms. The molecule has 0 aliphatic heterocycles. The Labute approximate surface area is 371 Å². The number of H-pyrrole nitrogens is 1. The normalized spacial score (nSPS) is 12.6. The fraction of sp³-hybridized carbons (Fsp3) is 0.0250. The average Bonchev–Trinajstić information content (AvgIpc) is 3.23. The van der Waals surface area contributed by atoms with E-state index in [1.807, 2.05) is 0 Å². The lowest BCUT2D eigenvalue weighted by atomic mass is 9.80. The van der Waals surface area contributed by atoms with E-state index < -0.39 is 110 Å². The standard InChI is InChI=1S/C40H27N7O16S3/c1-47-26-11-10-23(31-32(26)30(20-7-2-3-8-21(20)35(31)50)33(36(47)51)34(49)17-5-4-6-19(13-17)63-64(55)56)42-24-15-25(29(66(60,61)62)16-28(24)65(57,58)59)43-39-44-38(45-40(54)46-39)41-18-9-12-27(48)22(14-18)37(52)53/h2-16,42,48H,1H3,(H,52,53)(H,55,56)(H,57,58,59)(H,60,61,62)(H3,41,43,44,45,46,54). The van der Waals surface area contributed by atoms with Crippen LogP contribution in [0.5, 0.6) is 11.5 Å². The van der Waals surface area contributed by atoms with Crippen LogP contribution in [0.2, 0.25) is 0 Å². The Morgan fingerprint density at radius 3 is 2.12 bits per heavy atom. The molecule has 2 heterocycles. The number of hydrogen-bond acceptors (Lipinski definition) is 17. The lowest BCUT2D eigenvalue weighted by molar-refractivity contribution is 0.0693. The number of aryl methyl sites for hydroxylation is 1. The lowest BCUT2D eigenvalue weighted by Gasteiger charge is -2.26. The summed E-state index contributed by atoms with van der Waals surface area (Å²) in [5.41, 5.74) is -4.61. The minimum absolute atomic E-state index is 0.0155. The van der Waals surface area contributed by atoms with Gasteiger partial charge in [-0.2, -0.15) is 31.0 Å². The number of pyridine rings is 1. The third kappa shape index (κ3) is 8.24. The molecule has 0 saturated heterocycles. The minimum atomic E-state index is -5.42. The Morgan fingerprint density at radius 2 is 1.45 bits per heavy atom. The molecule has 7 aromatic rings. The van der Waals surface area contributed by atoms with Crippen molar-refractivity contribution in [2.24, 2.45) is 7.05 Å². The summed E-state index contributed by atoms with van der Waals surface area (Å²) in [4.78, 5) is 74.8. The molecule has 2 aromatic heterocycles. The van der Waals surface area contributed by atoms with E-state index in [0.717, 1.165) is 28.8 Å². The number of ketones is 2. The van der Waals surface area contributed by atoms with Gasteiger partial charge in [-0.3, -0.25) is 33.0 Å². The summed E-state index contributed by atoms with van der Waals surface area (Å²) < 4.78 is 98.6. The number of aromatic amines is 1. The summed E-state index contributed by atoms with van der Waals surface area (Å²) in [5.74, 6) is -4.95. The van der Waals surface area contributed by atoms with E-state index in [-0.39, 0.29) is 55.8 Å². The van der Waals surface area contributed by atoms with E-state index in [0.29, 0.717) is 6.07 Å². The molecule has 1 unspecified atom stereocenters. The van der Waals surface area contributed by atoms with Gasteiger partial charge in [0.2, 0.25) is 11.9 Å². The Morgan fingerprint density at radius 1 is 0.773 bits per heavy atom. The van der Waals surface area contributed by atoms with Crippen molar-refractivity contribution < 1.29 is 63.5 Å². The Bertz CT molecular complexity index is 3690. The summed E-state index contributed by atoms with van der Waals surface area (Å²) in [6.45, 7) is 0. The molecule has 0 spiro atoms. The number of hydrogen-bond donors (Lipinski definition) is 9. The highest BCUT2D eigenvalue weighted by molar-refractivity contribution is 7.86. The molecule has 9 N–H and O–H groups in total. The summed E-state index contributed by atoms with van der Waals surface area (Å²) in [6, 6.07) is 18.0. The van der Waals surface area contributed by atoms with Crippen molar-refractivity contribution in [3.8, 4) is 22.6 Å². The molecular weight excluding hydrogens is 931 g/mol. The summed E-state index contributed by atoms with van der Waals surface area (Å²) in [5, 5.41) is 27.0. The molecule has 0 amide bonds. The van der Waals surface area contributed by atoms with Crippen molar-refractivity contribution in [3.05, 3.63) is 140 Å². The zero-order valence-corrected chi connectivity index (χ0v) is 35.4. The molecular formula is C40H27N7O16S3. The number of carboxylic acid groups (broad SMARTS) is 1. The first kappa shape index (κ1) is 44.5. The predicted octanol–water partition coefficient (Wildman–Crippen LogP) is 4.10. The first-order valence-electron chi connectivity index (χ1n) is 18.4. The van der Waals surface area contributed by atoms with Crippen molar-refractivity contribution >= 4 is 94.7 Å².